The molecule has 2 rings (SSSR count). The largest absolute Gasteiger partial charge is 0.503 e. The van der Waals surface area contributed by atoms with Crippen molar-refractivity contribution in [2.24, 2.45) is 5.10 Å². The summed E-state index contributed by atoms with van der Waals surface area (Å²) in [5.41, 5.74) is 3.40. The summed E-state index contributed by atoms with van der Waals surface area (Å²) in [6, 6.07) is 8.14. The normalized spacial score (nSPS) is 10.7. The Morgan fingerprint density at radius 1 is 1.25 bits per heavy atom. The Kier molecular flexibility index (Phi) is 6.27. The van der Waals surface area contributed by atoms with Gasteiger partial charge in [-0.25, -0.2) is 5.43 Å². The van der Waals surface area contributed by atoms with Gasteiger partial charge in [0.05, 0.1) is 29.0 Å². The molecule has 24 heavy (non-hydrogen) atoms. The number of phenols is 1. The highest BCUT2D eigenvalue weighted by molar-refractivity contribution is 14.1. The van der Waals surface area contributed by atoms with Crippen molar-refractivity contribution in [1.82, 2.24) is 5.43 Å². The number of carbonyl (C=O) groups is 1. The number of hydrogen-bond acceptors (Lipinski definition) is 5. The van der Waals surface area contributed by atoms with Crippen LogP contribution in [-0.2, 0) is 0 Å². The Morgan fingerprint density at radius 2 is 1.96 bits per heavy atom. The average molecular weight is 461 g/mol. The van der Waals surface area contributed by atoms with Crippen LogP contribution in [-0.4, -0.2) is 31.4 Å². The van der Waals surface area contributed by atoms with E-state index in [1.165, 1.54) is 19.4 Å². The average Bonchev–Trinajstić information content (AvgIpc) is 2.58. The number of aromatic hydroxyl groups is 1. The number of hydrazone groups is 1. The van der Waals surface area contributed by atoms with Gasteiger partial charge in [-0.1, -0.05) is 11.6 Å². The molecule has 0 radical (unpaired) electrons. The van der Waals surface area contributed by atoms with E-state index < -0.39 is 0 Å². The zero-order valence-electron chi connectivity index (χ0n) is 12.8. The lowest BCUT2D eigenvalue weighted by atomic mass is 10.2. The Balaban J connectivity index is 2.11. The number of phenolic OH excluding ortho intramolecular Hbond substituents is 1. The topological polar surface area (TPSA) is 80.2 Å². The number of carbonyl (C=O) groups excluding carboxylic acids is 1. The Hall–Kier alpha value is -2.00. The van der Waals surface area contributed by atoms with Gasteiger partial charge in [-0.05, 0) is 58.5 Å². The van der Waals surface area contributed by atoms with Crippen LogP contribution in [0.4, 0.5) is 0 Å². The molecule has 0 aliphatic rings. The molecule has 0 aromatic heterocycles. The van der Waals surface area contributed by atoms with Gasteiger partial charge in [0, 0.05) is 5.56 Å². The molecule has 0 saturated heterocycles. The van der Waals surface area contributed by atoms with Crippen LogP contribution in [0.1, 0.15) is 15.9 Å². The lowest BCUT2D eigenvalue weighted by Gasteiger charge is -2.07. The smallest absolute Gasteiger partial charge is 0.271 e. The van der Waals surface area contributed by atoms with E-state index in [4.69, 9.17) is 21.1 Å². The maximum absolute atomic E-state index is 12.1. The van der Waals surface area contributed by atoms with Crippen molar-refractivity contribution in [1.29, 1.82) is 0 Å². The van der Waals surface area contributed by atoms with Gasteiger partial charge in [0.25, 0.3) is 5.91 Å². The number of halogens is 2. The van der Waals surface area contributed by atoms with E-state index in [9.17, 15) is 9.90 Å². The first-order valence-corrected chi connectivity index (χ1v) is 8.15. The zero-order valence-corrected chi connectivity index (χ0v) is 15.8. The molecule has 0 saturated carbocycles. The number of nitrogens with one attached hydrogen (secondary N) is 1. The third-order valence-electron chi connectivity index (χ3n) is 3.06. The van der Waals surface area contributed by atoms with Crippen LogP contribution in [0.2, 0.25) is 5.02 Å². The number of hydrogen-bond donors (Lipinski definition) is 2. The first kappa shape index (κ1) is 18.3. The molecule has 2 aromatic carbocycles. The second-order valence-corrected chi connectivity index (χ2v) is 6.17. The molecular formula is C16H14ClIN2O4. The van der Waals surface area contributed by atoms with Gasteiger partial charge in [-0.2, -0.15) is 5.10 Å². The van der Waals surface area contributed by atoms with Gasteiger partial charge in [-0.3, -0.25) is 4.79 Å². The minimum absolute atomic E-state index is 0.129. The third-order valence-corrected chi connectivity index (χ3v) is 4.24. The van der Waals surface area contributed by atoms with Gasteiger partial charge < -0.3 is 14.6 Å². The Bertz CT molecular complexity index is 796. The highest BCUT2D eigenvalue weighted by Gasteiger charge is 2.09. The number of nitrogens with zero attached hydrogens (tertiary/aromatic N) is 1. The van der Waals surface area contributed by atoms with Gasteiger partial charge in [0.2, 0.25) is 0 Å². The maximum Gasteiger partial charge on any atom is 0.271 e. The standard InChI is InChI=1S/C16H14ClIN2O4/c1-23-13-7-10(3-4-12(13)18)16(22)20-19-8-9-5-11(17)15(21)14(6-9)24-2/h3-8,21H,1-2H3,(H,20,22). The summed E-state index contributed by atoms with van der Waals surface area (Å²) >= 11 is 8.01. The highest BCUT2D eigenvalue weighted by Crippen LogP contribution is 2.34. The summed E-state index contributed by atoms with van der Waals surface area (Å²) in [4.78, 5) is 12.1. The number of methoxy groups -OCH3 is 2. The monoisotopic (exact) mass is 460 g/mol. The van der Waals surface area contributed by atoms with Crippen molar-refractivity contribution in [2.45, 2.75) is 0 Å². The van der Waals surface area contributed by atoms with E-state index in [0.717, 1.165) is 3.57 Å². The van der Waals surface area contributed by atoms with Crippen molar-refractivity contribution in [2.75, 3.05) is 14.2 Å². The van der Waals surface area contributed by atoms with Gasteiger partial charge >= 0.3 is 0 Å². The van der Waals surface area contributed by atoms with Crippen LogP contribution >= 0.6 is 34.2 Å². The molecule has 0 aliphatic carbocycles. The van der Waals surface area contributed by atoms with Gasteiger partial charge in [0.1, 0.15) is 5.75 Å². The fraction of sp³-hybridized carbons (Fsp3) is 0.125. The van der Waals surface area contributed by atoms with E-state index >= 15 is 0 Å². The lowest BCUT2D eigenvalue weighted by molar-refractivity contribution is 0.0954. The predicted molar refractivity (Wildman–Crippen MR) is 100 cm³/mol. The molecule has 2 aromatic rings. The molecule has 0 aliphatic heterocycles. The van der Waals surface area contributed by atoms with E-state index in [1.54, 1.807) is 31.4 Å². The number of amides is 1. The molecule has 0 spiro atoms. The minimum atomic E-state index is -0.377. The molecule has 1 amide bonds. The van der Waals surface area contributed by atoms with Gasteiger partial charge in [-0.15, -0.1) is 0 Å². The van der Waals surface area contributed by atoms with Crippen LogP contribution < -0.4 is 14.9 Å². The van der Waals surface area contributed by atoms with E-state index in [2.05, 4.69) is 33.1 Å². The molecule has 0 bridgehead atoms. The number of rotatable bonds is 5. The highest BCUT2D eigenvalue weighted by atomic mass is 127. The molecule has 0 atom stereocenters. The first-order chi connectivity index (χ1) is 11.5. The molecule has 0 fully saturated rings. The van der Waals surface area contributed by atoms with Gasteiger partial charge in [0.15, 0.2) is 11.5 Å². The molecule has 6 nitrogen and oxygen atoms in total. The number of benzene rings is 2. The zero-order chi connectivity index (χ0) is 17.7. The molecule has 126 valence electrons. The molecule has 0 heterocycles. The molecule has 8 heteroatoms. The predicted octanol–water partition coefficient (Wildman–Crippen LogP) is 3.43. The molecule has 0 unspecified atom stereocenters. The second-order valence-electron chi connectivity index (χ2n) is 4.60. The molecule has 2 N–H and O–H groups in total. The van der Waals surface area contributed by atoms with Crippen LogP contribution in [0.3, 0.4) is 0 Å². The van der Waals surface area contributed by atoms with E-state index in [-0.39, 0.29) is 22.4 Å². The Labute approximate surface area is 157 Å². The van der Waals surface area contributed by atoms with Crippen LogP contribution in [0, 0.1) is 3.57 Å². The molecular weight excluding hydrogens is 447 g/mol. The van der Waals surface area contributed by atoms with Crippen molar-refractivity contribution in [3.63, 3.8) is 0 Å². The summed E-state index contributed by atoms with van der Waals surface area (Å²) in [5, 5.41) is 13.7. The second kappa shape index (κ2) is 8.20. The van der Waals surface area contributed by atoms with Crippen molar-refractivity contribution < 1.29 is 19.4 Å². The van der Waals surface area contributed by atoms with Crippen LogP contribution in [0.15, 0.2) is 35.4 Å². The van der Waals surface area contributed by atoms with Crippen molar-refractivity contribution in [3.8, 4) is 17.2 Å². The first-order valence-electron chi connectivity index (χ1n) is 6.69. The summed E-state index contributed by atoms with van der Waals surface area (Å²) < 4.78 is 11.1. The van der Waals surface area contributed by atoms with Crippen LogP contribution in [0.25, 0.3) is 0 Å². The van der Waals surface area contributed by atoms with Crippen molar-refractivity contribution >= 4 is 46.3 Å². The SMILES string of the molecule is COc1cc(C(=O)NN=Cc2cc(Cl)c(O)c(OC)c2)ccc1I. The Morgan fingerprint density at radius 3 is 2.62 bits per heavy atom. The van der Waals surface area contributed by atoms with Crippen molar-refractivity contribution in [3.05, 3.63) is 50.1 Å². The quantitative estimate of drug-likeness (QED) is 0.407. The summed E-state index contributed by atoms with van der Waals surface area (Å²) in [6.07, 6.45) is 1.40. The third kappa shape index (κ3) is 4.30. The summed E-state index contributed by atoms with van der Waals surface area (Å²) in [7, 11) is 2.96. The fourth-order valence-corrected chi connectivity index (χ4v) is 2.63. The fourth-order valence-electron chi connectivity index (χ4n) is 1.85. The summed E-state index contributed by atoms with van der Waals surface area (Å²) in [6.45, 7) is 0. The van der Waals surface area contributed by atoms with E-state index in [0.29, 0.717) is 16.9 Å². The number of ether oxygens (including phenoxy) is 2. The summed E-state index contributed by atoms with van der Waals surface area (Å²) in [5.74, 6) is 0.309. The van der Waals surface area contributed by atoms with E-state index in [1.807, 2.05) is 0 Å². The maximum atomic E-state index is 12.1. The van der Waals surface area contributed by atoms with Crippen LogP contribution in [0.5, 0.6) is 17.2 Å². The lowest BCUT2D eigenvalue weighted by Crippen LogP contribution is -2.17. The minimum Gasteiger partial charge on any atom is -0.503 e.